The lowest BCUT2D eigenvalue weighted by molar-refractivity contribution is 0.801. The number of aryl methyl sites for hydroxylation is 2. The highest BCUT2D eigenvalue weighted by atomic mass is 19.1. The number of rotatable bonds is 2. The summed E-state index contributed by atoms with van der Waals surface area (Å²) in [5, 5.41) is 0. The van der Waals surface area contributed by atoms with E-state index in [1.165, 1.54) is 0 Å². The maximum Gasteiger partial charge on any atom is 0.551 e. The van der Waals surface area contributed by atoms with Crippen LogP contribution in [0.3, 0.4) is 0 Å². The Morgan fingerprint density at radius 3 is 2.61 bits per heavy atom. The van der Waals surface area contributed by atoms with E-state index in [-0.39, 0.29) is 6.42 Å². The molecule has 0 unspecified atom stereocenters. The average molecular weight is 306 g/mol. The second-order valence-corrected chi connectivity index (χ2v) is 5.78. The van der Waals surface area contributed by atoms with Gasteiger partial charge in [-0.1, -0.05) is 17.7 Å². The molecular weight excluding hydrogens is 286 g/mol. The predicted molar refractivity (Wildman–Crippen MR) is 96.9 cm³/mol. The van der Waals surface area contributed by atoms with Crippen molar-refractivity contribution in [3.63, 3.8) is 0 Å². The fraction of sp³-hybridized carbons (Fsp3) is 0.316. The minimum Gasteiger partial charge on any atom is -0.348 e. The summed E-state index contributed by atoms with van der Waals surface area (Å²) in [6.07, 6.45) is 7.45. The van der Waals surface area contributed by atoms with E-state index in [0.717, 1.165) is 39.5 Å². The van der Waals surface area contributed by atoms with Crippen LogP contribution in [0.15, 0.2) is 28.4 Å². The van der Waals surface area contributed by atoms with Crippen LogP contribution < -0.4 is 0 Å². The third-order valence-corrected chi connectivity index (χ3v) is 3.86. The van der Waals surface area contributed by atoms with E-state index in [1.807, 2.05) is 46.8 Å². The zero-order valence-electron chi connectivity index (χ0n) is 14.3. The molecule has 0 radical (unpaired) electrons. The molecule has 2 rings (SSSR count). The molecule has 0 spiro atoms. The number of aliphatic imine (C=N–C) groups is 1. The molecule has 4 heteroatoms. The van der Waals surface area contributed by atoms with Gasteiger partial charge in [-0.2, -0.15) is 0 Å². The maximum atomic E-state index is 14.7. The van der Waals surface area contributed by atoms with Gasteiger partial charge in [-0.3, -0.25) is 9.31 Å². The van der Waals surface area contributed by atoms with Gasteiger partial charge in [0.25, 0.3) is 0 Å². The van der Waals surface area contributed by atoms with Crippen molar-refractivity contribution in [1.29, 1.82) is 0 Å². The van der Waals surface area contributed by atoms with Crippen LogP contribution in [-0.4, -0.2) is 17.3 Å². The Labute approximate surface area is 138 Å². The fourth-order valence-corrected chi connectivity index (χ4v) is 3.01. The number of allylic oxidation sites excluding steroid dienone is 3. The molecule has 1 aliphatic rings. The summed E-state index contributed by atoms with van der Waals surface area (Å²) >= 11 is 0. The van der Waals surface area contributed by atoms with E-state index in [4.69, 9.17) is 6.42 Å². The van der Waals surface area contributed by atoms with Crippen molar-refractivity contribution in [2.24, 2.45) is 4.99 Å². The molecule has 1 aromatic heterocycles. The summed E-state index contributed by atoms with van der Waals surface area (Å²) in [5.41, 5.74) is 6.62. The minimum atomic E-state index is -1.42. The van der Waals surface area contributed by atoms with Crippen molar-refractivity contribution >= 4 is 18.4 Å². The van der Waals surface area contributed by atoms with Crippen LogP contribution >= 0.6 is 0 Å². The first-order chi connectivity index (χ1) is 10.9. The van der Waals surface area contributed by atoms with Gasteiger partial charge in [0.05, 0.1) is 12.1 Å². The number of aromatic nitrogens is 1. The van der Waals surface area contributed by atoms with E-state index < -0.39 is 7.12 Å². The van der Waals surface area contributed by atoms with Crippen molar-refractivity contribution < 1.29 is 4.32 Å². The molecule has 0 bridgehead atoms. The molecule has 2 nitrogen and oxygen atoms in total. The molecule has 0 aromatic carbocycles. The molecule has 0 N–H and O–H groups in total. The van der Waals surface area contributed by atoms with Gasteiger partial charge in [0, 0.05) is 17.1 Å². The molecule has 0 amide bonds. The van der Waals surface area contributed by atoms with E-state index in [9.17, 15) is 4.32 Å². The molecule has 0 fully saturated rings. The molecule has 0 atom stereocenters. The van der Waals surface area contributed by atoms with E-state index in [1.54, 1.807) is 4.48 Å². The number of halogens is 1. The summed E-state index contributed by atoms with van der Waals surface area (Å²) in [7, 11) is -1.42. The van der Waals surface area contributed by atoms with Crippen molar-refractivity contribution in [1.82, 2.24) is 4.48 Å². The molecule has 1 aliphatic heterocycles. The van der Waals surface area contributed by atoms with Crippen molar-refractivity contribution in [3.05, 3.63) is 40.4 Å². The van der Waals surface area contributed by atoms with Gasteiger partial charge in [0.2, 0.25) is 0 Å². The smallest absolute Gasteiger partial charge is 0.348 e. The molecule has 0 aliphatic carbocycles. The van der Waals surface area contributed by atoms with Crippen LogP contribution in [0.1, 0.15) is 44.1 Å². The first kappa shape index (κ1) is 16.9. The van der Waals surface area contributed by atoms with Gasteiger partial charge in [-0.05, 0) is 63.5 Å². The highest BCUT2D eigenvalue weighted by molar-refractivity contribution is 6.59. The van der Waals surface area contributed by atoms with Crippen LogP contribution in [0.5, 0.6) is 0 Å². The van der Waals surface area contributed by atoms with Crippen LogP contribution in [0, 0.1) is 37.9 Å². The fourth-order valence-electron chi connectivity index (χ4n) is 3.01. The van der Waals surface area contributed by atoms with E-state index >= 15 is 0 Å². The summed E-state index contributed by atoms with van der Waals surface area (Å²) in [4.78, 5) is 4.58. The highest BCUT2D eigenvalue weighted by Crippen LogP contribution is 2.31. The third kappa shape index (κ3) is 3.32. The maximum absolute atomic E-state index is 14.7. The summed E-state index contributed by atoms with van der Waals surface area (Å²) in [5.74, 6) is 7.68. The van der Waals surface area contributed by atoms with Gasteiger partial charge in [0.15, 0.2) is 0 Å². The normalized spacial score (nSPS) is 15.3. The Morgan fingerprint density at radius 2 is 2.04 bits per heavy atom. The summed E-state index contributed by atoms with van der Waals surface area (Å²) in [6.45, 7) is 9.83. The molecule has 23 heavy (non-hydrogen) atoms. The number of hydrogen-bond acceptors (Lipinski definition) is 1. The van der Waals surface area contributed by atoms with Gasteiger partial charge >= 0.3 is 7.12 Å². The number of nitrogens with zero attached hydrogens (tertiary/aromatic N) is 2. The lowest BCUT2D eigenvalue weighted by atomic mass is 9.86. The first-order valence-corrected chi connectivity index (χ1v) is 7.56. The number of hydrogen-bond donors (Lipinski definition) is 0. The Hall–Kier alpha value is -2.46. The zero-order valence-corrected chi connectivity index (χ0v) is 14.3. The third-order valence-electron chi connectivity index (χ3n) is 3.86. The SMILES string of the molecule is C#CCC#CB(F)n1c(C)cc(C)c1/C(C)=C1\N=C(C)C=C1C. The Bertz CT molecular complexity index is 835. The van der Waals surface area contributed by atoms with Gasteiger partial charge in [-0.25, -0.2) is 0 Å². The Morgan fingerprint density at radius 1 is 1.35 bits per heavy atom. The largest absolute Gasteiger partial charge is 0.551 e. The van der Waals surface area contributed by atoms with Crippen LogP contribution in [0.4, 0.5) is 4.32 Å². The van der Waals surface area contributed by atoms with Gasteiger partial charge in [-0.15, -0.1) is 6.42 Å². The summed E-state index contributed by atoms with van der Waals surface area (Å²) < 4.78 is 16.3. The van der Waals surface area contributed by atoms with Crippen molar-refractivity contribution in [3.8, 4) is 24.1 Å². The number of terminal acetylenes is 1. The second kappa shape index (κ2) is 6.76. The Balaban J connectivity index is 2.58. The molecule has 0 saturated carbocycles. The molecular formula is C19H20BFN2. The molecule has 0 saturated heterocycles. The van der Waals surface area contributed by atoms with Crippen LogP contribution in [0.2, 0.25) is 0 Å². The monoisotopic (exact) mass is 306 g/mol. The Kier molecular flexibility index (Phi) is 4.97. The second-order valence-electron chi connectivity index (χ2n) is 5.78. The average Bonchev–Trinajstić information content (AvgIpc) is 2.96. The molecule has 1 aromatic rings. The topological polar surface area (TPSA) is 17.3 Å². The van der Waals surface area contributed by atoms with Crippen molar-refractivity contribution in [2.75, 3.05) is 0 Å². The van der Waals surface area contributed by atoms with Crippen LogP contribution in [-0.2, 0) is 0 Å². The lowest BCUT2D eigenvalue weighted by Gasteiger charge is -2.13. The quantitative estimate of drug-likeness (QED) is 0.577. The van der Waals surface area contributed by atoms with Crippen LogP contribution in [0.25, 0.3) is 5.57 Å². The van der Waals surface area contributed by atoms with Crippen molar-refractivity contribution in [2.45, 2.75) is 41.0 Å². The highest BCUT2D eigenvalue weighted by Gasteiger charge is 2.24. The zero-order chi connectivity index (χ0) is 17.1. The molecule has 2 heterocycles. The van der Waals surface area contributed by atoms with E-state index in [0.29, 0.717) is 0 Å². The standard InChI is InChI=1S/C19H20BFN2/c1-7-8-9-10-20(21)23-16(5)12-14(3)19(23)17(6)18-13(2)11-15(4)22-18/h1,11-12H,8H2,2-6H3/b18-17-. The predicted octanol–water partition coefficient (Wildman–Crippen LogP) is 4.13. The van der Waals surface area contributed by atoms with Gasteiger partial charge < -0.3 is 4.48 Å². The van der Waals surface area contributed by atoms with Gasteiger partial charge in [0.1, 0.15) is 0 Å². The minimum absolute atomic E-state index is 0.250. The molecule has 116 valence electrons. The summed E-state index contributed by atoms with van der Waals surface area (Å²) in [6, 6.07) is 1.97. The van der Waals surface area contributed by atoms with E-state index in [2.05, 4.69) is 22.7 Å². The lowest BCUT2D eigenvalue weighted by Crippen LogP contribution is -2.21. The first-order valence-electron chi connectivity index (χ1n) is 7.56.